The van der Waals surface area contributed by atoms with Gasteiger partial charge in [0, 0.05) is 29.7 Å². The summed E-state index contributed by atoms with van der Waals surface area (Å²) in [5.74, 6) is 0.638. The van der Waals surface area contributed by atoms with Crippen molar-refractivity contribution in [3.63, 3.8) is 0 Å². The SMILES string of the molecule is C=CC(=O)Nc1cccc(Oc2ncnc3[nH]c(-c4ccc(NCCO)cc4)cc23)c1. The van der Waals surface area contributed by atoms with Gasteiger partial charge in [0.15, 0.2) is 0 Å². The van der Waals surface area contributed by atoms with Crippen molar-refractivity contribution in [2.75, 3.05) is 23.8 Å². The molecule has 8 heteroatoms. The number of benzene rings is 2. The van der Waals surface area contributed by atoms with Crippen molar-refractivity contribution in [2.45, 2.75) is 0 Å². The zero-order chi connectivity index (χ0) is 21.6. The number of rotatable bonds is 8. The lowest BCUT2D eigenvalue weighted by molar-refractivity contribution is -0.111. The number of nitrogens with one attached hydrogen (secondary N) is 3. The smallest absolute Gasteiger partial charge is 0.247 e. The van der Waals surface area contributed by atoms with E-state index in [-0.39, 0.29) is 12.5 Å². The molecular weight excluding hydrogens is 394 g/mol. The molecule has 0 aliphatic rings. The maximum absolute atomic E-state index is 11.5. The highest BCUT2D eigenvalue weighted by molar-refractivity contribution is 5.99. The summed E-state index contributed by atoms with van der Waals surface area (Å²) in [6, 6.07) is 16.8. The first-order valence-electron chi connectivity index (χ1n) is 9.66. The Morgan fingerprint density at radius 1 is 1.13 bits per heavy atom. The van der Waals surface area contributed by atoms with E-state index in [0.717, 1.165) is 22.3 Å². The quantitative estimate of drug-likeness (QED) is 0.324. The van der Waals surface area contributed by atoms with Crippen LogP contribution in [0.1, 0.15) is 0 Å². The molecule has 0 radical (unpaired) electrons. The lowest BCUT2D eigenvalue weighted by Gasteiger charge is -2.07. The van der Waals surface area contributed by atoms with Crippen LogP contribution in [-0.4, -0.2) is 39.1 Å². The van der Waals surface area contributed by atoms with Gasteiger partial charge in [-0.25, -0.2) is 9.97 Å². The Labute approximate surface area is 178 Å². The summed E-state index contributed by atoms with van der Waals surface area (Å²) >= 11 is 0. The van der Waals surface area contributed by atoms with E-state index in [0.29, 0.717) is 29.5 Å². The van der Waals surface area contributed by atoms with E-state index in [9.17, 15) is 4.79 Å². The first kappa shape index (κ1) is 20.1. The molecule has 0 atom stereocenters. The number of carbonyl (C=O) groups is 1. The van der Waals surface area contributed by atoms with E-state index in [2.05, 4.69) is 32.2 Å². The van der Waals surface area contributed by atoms with Gasteiger partial charge in [-0.3, -0.25) is 4.79 Å². The van der Waals surface area contributed by atoms with Gasteiger partial charge in [-0.2, -0.15) is 0 Å². The molecule has 0 spiro atoms. The average molecular weight is 415 g/mol. The third kappa shape index (κ3) is 4.71. The van der Waals surface area contributed by atoms with Crippen LogP contribution in [0.2, 0.25) is 0 Å². The molecule has 2 aromatic carbocycles. The fourth-order valence-corrected chi connectivity index (χ4v) is 3.06. The number of anilines is 2. The first-order chi connectivity index (χ1) is 15.2. The molecule has 8 nitrogen and oxygen atoms in total. The second-order valence-electron chi connectivity index (χ2n) is 6.68. The van der Waals surface area contributed by atoms with Crippen molar-refractivity contribution in [1.82, 2.24) is 15.0 Å². The molecule has 4 N–H and O–H groups in total. The molecule has 4 aromatic rings. The predicted molar refractivity (Wildman–Crippen MR) is 120 cm³/mol. The van der Waals surface area contributed by atoms with Crippen LogP contribution >= 0.6 is 0 Å². The van der Waals surface area contributed by atoms with Gasteiger partial charge in [0.05, 0.1) is 12.0 Å². The molecule has 0 aliphatic heterocycles. The highest BCUT2D eigenvalue weighted by atomic mass is 16.5. The van der Waals surface area contributed by atoms with Gasteiger partial charge < -0.3 is 25.5 Å². The summed E-state index contributed by atoms with van der Waals surface area (Å²) in [7, 11) is 0. The van der Waals surface area contributed by atoms with Crippen LogP contribution < -0.4 is 15.4 Å². The minimum atomic E-state index is -0.297. The summed E-state index contributed by atoms with van der Waals surface area (Å²) in [5, 5.41) is 15.5. The zero-order valence-corrected chi connectivity index (χ0v) is 16.6. The molecule has 0 unspecified atom stereocenters. The lowest BCUT2D eigenvalue weighted by atomic mass is 10.1. The topological polar surface area (TPSA) is 112 Å². The highest BCUT2D eigenvalue weighted by Gasteiger charge is 2.12. The number of hydrogen-bond acceptors (Lipinski definition) is 6. The second kappa shape index (κ2) is 9.10. The molecule has 0 aliphatic carbocycles. The summed E-state index contributed by atoms with van der Waals surface area (Å²) in [6.45, 7) is 4.03. The Morgan fingerprint density at radius 2 is 1.97 bits per heavy atom. The Balaban J connectivity index is 1.59. The zero-order valence-electron chi connectivity index (χ0n) is 16.6. The van der Waals surface area contributed by atoms with Crippen LogP contribution in [0.25, 0.3) is 22.3 Å². The number of aliphatic hydroxyl groups excluding tert-OH is 1. The van der Waals surface area contributed by atoms with Crippen LogP contribution in [0.15, 0.2) is 73.6 Å². The number of fused-ring (bicyclic) bond motifs is 1. The lowest BCUT2D eigenvalue weighted by Crippen LogP contribution is -2.07. The Morgan fingerprint density at radius 3 is 2.74 bits per heavy atom. The number of aromatic amines is 1. The van der Waals surface area contributed by atoms with Crippen molar-refractivity contribution in [1.29, 1.82) is 0 Å². The Kier molecular flexibility index (Phi) is 5.91. The molecule has 2 aromatic heterocycles. The van der Waals surface area contributed by atoms with E-state index in [1.54, 1.807) is 24.3 Å². The molecular formula is C23H21N5O3. The van der Waals surface area contributed by atoms with Gasteiger partial charge in [0.2, 0.25) is 11.8 Å². The molecule has 0 saturated carbocycles. The molecule has 31 heavy (non-hydrogen) atoms. The van der Waals surface area contributed by atoms with Gasteiger partial charge in [-0.05, 0) is 42.0 Å². The fourth-order valence-electron chi connectivity index (χ4n) is 3.06. The monoisotopic (exact) mass is 415 g/mol. The summed E-state index contributed by atoms with van der Waals surface area (Å²) in [5.41, 5.74) is 4.03. The maximum Gasteiger partial charge on any atom is 0.247 e. The van der Waals surface area contributed by atoms with Crippen molar-refractivity contribution in [2.24, 2.45) is 0 Å². The summed E-state index contributed by atoms with van der Waals surface area (Å²) < 4.78 is 5.98. The van der Waals surface area contributed by atoms with Crippen LogP contribution in [0.3, 0.4) is 0 Å². The number of aliphatic hydroxyl groups is 1. The summed E-state index contributed by atoms with van der Waals surface area (Å²) in [4.78, 5) is 23.4. The molecule has 156 valence electrons. The van der Waals surface area contributed by atoms with E-state index in [1.165, 1.54) is 12.4 Å². The van der Waals surface area contributed by atoms with Crippen molar-refractivity contribution in [3.05, 3.63) is 73.6 Å². The number of amides is 1. The number of hydrogen-bond donors (Lipinski definition) is 4. The van der Waals surface area contributed by atoms with Crippen molar-refractivity contribution in [3.8, 4) is 22.9 Å². The normalized spacial score (nSPS) is 10.6. The molecule has 4 rings (SSSR count). The third-order valence-corrected chi connectivity index (χ3v) is 4.53. The molecule has 1 amide bonds. The van der Waals surface area contributed by atoms with Crippen molar-refractivity contribution < 1.29 is 14.6 Å². The maximum atomic E-state index is 11.5. The fraction of sp³-hybridized carbons (Fsp3) is 0.0870. The minimum absolute atomic E-state index is 0.0781. The van der Waals surface area contributed by atoms with Gasteiger partial charge in [-0.1, -0.05) is 24.8 Å². The van der Waals surface area contributed by atoms with Crippen molar-refractivity contribution >= 4 is 28.3 Å². The number of nitrogens with zero attached hydrogens (tertiary/aromatic N) is 2. The third-order valence-electron chi connectivity index (χ3n) is 4.53. The number of carbonyl (C=O) groups excluding carboxylic acids is 1. The van der Waals surface area contributed by atoms with Crippen LogP contribution in [0, 0.1) is 0 Å². The largest absolute Gasteiger partial charge is 0.438 e. The van der Waals surface area contributed by atoms with Gasteiger partial charge in [0.1, 0.15) is 17.7 Å². The van der Waals surface area contributed by atoms with Crippen LogP contribution in [-0.2, 0) is 4.79 Å². The van der Waals surface area contributed by atoms with Gasteiger partial charge >= 0.3 is 0 Å². The van der Waals surface area contributed by atoms with E-state index >= 15 is 0 Å². The Bertz CT molecular complexity index is 1220. The second-order valence-corrected chi connectivity index (χ2v) is 6.68. The average Bonchev–Trinajstić information content (AvgIpc) is 3.24. The molecule has 0 bridgehead atoms. The molecule has 2 heterocycles. The van der Waals surface area contributed by atoms with E-state index < -0.39 is 0 Å². The highest BCUT2D eigenvalue weighted by Crippen LogP contribution is 2.31. The number of ether oxygens (including phenoxy) is 1. The predicted octanol–water partition coefficient (Wildman–Crippen LogP) is 3.95. The van der Waals surface area contributed by atoms with E-state index in [1.807, 2.05) is 30.3 Å². The first-order valence-corrected chi connectivity index (χ1v) is 9.66. The molecule has 0 fully saturated rings. The molecule has 0 saturated heterocycles. The minimum Gasteiger partial charge on any atom is -0.438 e. The standard InChI is InChI=1S/C23H21N5O3/c1-2-21(30)27-17-4-3-5-18(12-17)31-23-19-13-20(28-22(19)25-14-26-23)15-6-8-16(9-7-15)24-10-11-29/h2-9,12-14,24,29H,1,10-11H2,(H,27,30)(H,25,26,28). The number of aromatic nitrogens is 3. The van der Waals surface area contributed by atoms with Crippen LogP contribution in [0.5, 0.6) is 11.6 Å². The Hall–Kier alpha value is -4.17. The van der Waals surface area contributed by atoms with Crippen LogP contribution in [0.4, 0.5) is 11.4 Å². The van der Waals surface area contributed by atoms with E-state index in [4.69, 9.17) is 9.84 Å². The summed E-state index contributed by atoms with van der Waals surface area (Å²) in [6.07, 6.45) is 2.64. The van der Waals surface area contributed by atoms with Gasteiger partial charge in [0.25, 0.3) is 0 Å². The van der Waals surface area contributed by atoms with Gasteiger partial charge in [-0.15, -0.1) is 0 Å². The number of H-pyrrole nitrogens is 1.